The number of carbonyl (C=O) groups excluding carboxylic acids is 1. The first-order chi connectivity index (χ1) is 11.7. The highest BCUT2D eigenvalue weighted by Crippen LogP contribution is 2.30. The van der Waals surface area contributed by atoms with Crippen molar-refractivity contribution in [1.82, 2.24) is 14.7 Å². The molecule has 0 atom stereocenters. The van der Waals surface area contributed by atoms with Crippen molar-refractivity contribution in [2.24, 2.45) is 0 Å². The highest BCUT2D eigenvalue weighted by atomic mass is 32.2. The number of anilines is 1. The zero-order chi connectivity index (χ0) is 16.9. The number of benzene rings is 1. The van der Waals surface area contributed by atoms with E-state index < -0.39 is 0 Å². The van der Waals surface area contributed by atoms with Crippen LogP contribution >= 0.6 is 23.3 Å². The largest absolute Gasteiger partial charge is 0.396 e. The first kappa shape index (κ1) is 16.5. The molecule has 5 nitrogen and oxygen atoms in total. The number of amides is 1. The summed E-state index contributed by atoms with van der Waals surface area (Å²) >= 11 is 2.80. The minimum atomic E-state index is -0.209. The molecular weight excluding hydrogens is 340 g/mol. The number of carbonyl (C=O) groups is 1. The topological polar surface area (TPSA) is 80.9 Å². The van der Waals surface area contributed by atoms with E-state index in [2.05, 4.69) is 14.7 Å². The molecular formula is C17H16N4OS2. The molecule has 24 heavy (non-hydrogen) atoms. The highest BCUT2D eigenvalue weighted by molar-refractivity contribution is 7.98. The van der Waals surface area contributed by atoms with Gasteiger partial charge in [0.05, 0.1) is 5.69 Å². The zero-order valence-electron chi connectivity index (χ0n) is 13.0. The minimum absolute atomic E-state index is 0.209. The first-order valence-corrected chi connectivity index (χ1v) is 9.25. The van der Waals surface area contributed by atoms with E-state index in [1.807, 2.05) is 42.7 Å². The van der Waals surface area contributed by atoms with Gasteiger partial charge in [-0.1, -0.05) is 12.1 Å². The predicted molar refractivity (Wildman–Crippen MR) is 99.2 cm³/mol. The van der Waals surface area contributed by atoms with Crippen LogP contribution in [-0.2, 0) is 6.54 Å². The lowest BCUT2D eigenvalue weighted by molar-refractivity contribution is 0.0956. The Bertz CT molecular complexity index is 832. The third-order valence-corrected chi connectivity index (χ3v) is 5.11. The van der Waals surface area contributed by atoms with Gasteiger partial charge < -0.3 is 11.1 Å². The van der Waals surface area contributed by atoms with Crippen LogP contribution in [0.15, 0.2) is 53.7 Å². The summed E-state index contributed by atoms with van der Waals surface area (Å²) in [6.45, 7) is 0.454. The van der Waals surface area contributed by atoms with Crippen LogP contribution in [-0.4, -0.2) is 21.5 Å². The molecule has 0 saturated carbocycles. The number of thioether (sulfide) groups is 1. The standard InChI is InChI=1S/C17H16N4OS2/c1-23-13-4-2-11(3-5-13)10-20-17(22)16-14(18)15(21-24-16)12-6-8-19-9-7-12/h2-9H,10,18H2,1H3,(H,20,22). The van der Waals surface area contributed by atoms with Crippen LogP contribution in [0.5, 0.6) is 0 Å². The van der Waals surface area contributed by atoms with Crippen LogP contribution in [0.25, 0.3) is 11.3 Å². The number of pyridine rings is 1. The van der Waals surface area contributed by atoms with Gasteiger partial charge in [-0.05, 0) is 47.6 Å². The van der Waals surface area contributed by atoms with Gasteiger partial charge in [0.15, 0.2) is 0 Å². The summed E-state index contributed by atoms with van der Waals surface area (Å²) in [6.07, 6.45) is 5.38. The second kappa shape index (κ2) is 7.46. The lowest BCUT2D eigenvalue weighted by Crippen LogP contribution is -2.22. The molecule has 0 spiro atoms. The molecule has 0 fully saturated rings. The Balaban J connectivity index is 1.70. The van der Waals surface area contributed by atoms with Gasteiger partial charge in [-0.2, -0.15) is 4.37 Å². The van der Waals surface area contributed by atoms with Crippen LogP contribution in [0.3, 0.4) is 0 Å². The normalized spacial score (nSPS) is 10.5. The maximum absolute atomic E-state index is 12.4. The van der Waals surface area contributed by atoms with Crippen LogP contribution in [0.4, 0.5) is 5.69 Å². The maximum atomic E-state index is 12.4. The number of nitrogens with one attached hydrogen (secondary N) is 1. The molecule has 0 aliphatic heterocycles. The Morgan fingerprint density at radius 3 is 2.58 bits per heavy atom. The zero-order valence-corrected chi connectivity index (χ0v) is 14.7. The molecule has 0 aliphatic rings. The van der Waals surface area contributed by atoms with Crippen molar-refractivity contribution >= 4 is 34.9 Å². The Kier molecular flexibility index (Phi) is 5.12. The summed E-state index contributed by atoms with van der Waals surface area (Å²) in [4.78, 5) is 18.0. The van der Waals surface area contributed by atoms with Crippen molar-refractivity contribution in [3.05, 3.63) is 59.2 Å². The van der Waals surface area contributed by atoms with E-state index in [0.717, 1.165) is 22.7 Å². The maximum Gasteiger partial charge on any atom is 0.265 e. The number of nitrogens with two attached hydrogens (primary N) is 1. The summed E-state index contributed by atoms with van der Waals surface area (Å²) in [5.74, 6) is -0.209. The highest BCUT2D eigenvalue weighted by Gasteiger charge is 2.18. The van der Waals surface area contributed by atoms with Crippen molar-refractivity contribution in [2.75, 3.05) is 12.0 Å². The molecule has 2 aromatic heterocycles. The number of rotatable bonds is 5. The van der Waals surface area contributed by atoms with Crippen molar-refractivity contribution in [2.45, 2.75) is 11.4 Å². The van der Waals surface area contributed by atoms with E-state index in [0.29, 0.717) is 22.8 Å². The molecule has 122 valence electrons. The van der Waals surface area contributed by atoms with Gasteiger partial charge >= 0.3 is 0 Å². The van der Waals surface area contributed by atoms with E-state index in [1.54, 1.807) is 24.2 Å². The van der Waals surface area contributed by atoms with E-state index in [1.165, 1.54) is 4.90 Å². The average Bonchev–Trinajstić information content (AvgIpc) is 3.02. The molecule has 0 bridgehead atoms. The first-order valence-electron chi connectivity index (χ1n) is 7.25. The van der Waals surface area contributed by atoms with Crippen molar-refractivity contribution in [1.29, 1.82) is 0 Å². The van der Waals surface area contributed by atoms with E-state index in [9.17, 15) is 4.79 Å². The quantitative estimate of drug-likeness (QED) is 0.685. The molecule has 1 aromatic carbocycles. The lowest BCUT2D eigenvalue weighted by Gasteiger charge is -2.05. The van der Waals surface area contributed by atoms with Gasteiger partial charge in [0.2, 0.25) is 0 Å². The Morgan fingerprint density at radius 1 is 1.21 bits per heavy atom. The van der Waals surface area contributed by atoms with Crippen molar-refractivity contribution in [3.8, 4) is 11.3 Å². The van der Waals surface area contributed by atoms with Gasteiger partial charge in [0, 0.05) is 29.4 Å². The number of aromatic nitrogens is 2. The van der Waals surface area contributed by atoms with Crippen LogP contribution in [0, 0.1) is 0 Å². The van der Waals surface area contributed by atoms with Crippen molar-refractivity contribution < 1.29 is 4.79 Å². The summed E-state index contributed by atoms with van der Waals surface area (Å²) in [6, 6.07) is 11.7. The molecule has 3 rings (SSSR count). The molecule has 1 amide bonds. The fourth-order valence-corrected chi connectivity index (χ4v) is 3.33. The second-order valence-electron chi connectivity index (χ2n) is 5.04. The molecule has 3 aromatic rings. The van der Waals surface area contributed by atoms with Gasteiger partial charge in [-0.3, -0.25) is 9.78 Å². The predicted octanol–water partition coefficient (Wildman–Crippen LogP) is 3.44. The second-order valence-corrected chi connectivity index (χ2v) is 6.69. The third-order valence-electron chi connectivity index (χ3n) is 3.50. The molecule has 0 aliphatic carbocycles. The summed E-state index contributed by atoms with van der Waals surface area (Å²) < 4.78 is 4.31. The smallest absolute Gasteiger partial charge is 0.265 e. The average molecular weight is 356 g/mol. The monoisotopic (exact) mass is 356 g/mol. The van der Waals surface area contributed by atoms with Gasteiger partial charge in [-0.25, -0.2) is 0 Å². The summed E-state index contributed by atoms with van der Waals surface area (Å²) in [5, 5.41) is 2.89. The molecule has 7 heteroatoms. The fourth-order valence-electron chi connectivity index (χ4n) is 2.18. The van der Waals surface area contributed by atoms with Gasteiger partial charge in [0.1, 0.15) is 10.6 Å². The Labute approximate surface area is 148 Å². The summed E-state index contributed by atoms with van der Waals surface area (Å²) in [7, 11) is 0. The molecule has 2 heterocycles. The number of hydrogen-bond donors (Lipinski definition) is 2. The number of nitrogen functional groups attached to an aromatic ring is 1. The Morgan fingerprint density at radius 2 is 1.92 bits per heavy atom. The lowest BCUT2D eigenvalue weighted by atomic mass is 10.1. The van der Waals surface area contributed by atoms with E-state index in [-0.39, 0.29) is 5.91 Å². The number of hydrogen-bond acceptors (Lipinski definition) is 6. The van der Waals surface area contributed by atoms with Crippen LogP contribution in [0.2, 0.25) is 0 Å². The Hall–Kier alpha value is -2.38. The van der Waals surface area contributed by atoms with E-state index >= 15 is 0 Å². The fraction of sp³-hybridized carbons (Fsp3) is 0.118. The molecule has 0 unspecified atom stereocenters. The molecule has 3 N–H and O–H groups in total. The molecule has 0 saturated heterocycles. The third kappa shape index (κ3) is 3.58. The minimum Gasteiger partial charge on any atom is -0.396 e. The summed E-state index contributed by atoms with van der Waals surface area (Å²) in [5.41, 5.74) is 9.03. The SMILES string of the molecule is CSc1ccc(CNC(=O)c2snc(-c3ccncc3)c2N)cc1. The van der Waals surface area contributed by atoms with Crippen LogP contribution < -0.4 is 11.1 Å². The number of nitrogens with zero attached hydrogens (tertiary/aromatic N) is 2. The van der Waals surface area contributed by atoms with Crippen LogP contribution in [0.1, 0.15) is 15.2 Å². The van der Waals surface area contributed by atoms with E-state index in [4.69, 9.17) is 5.73 Å². The van der Waals surface area contributed by atoms with Crippen molar-refractivity contribution in [3.63, 3.8) is 0 Å². The van der Waals surface area contributed by atoms with Gasteiger partial charge in [-0.15, -0.1) is 11.8 Å². The molecule has 0 radical (unpaired) electrons. The van der Waals surface area contributed by atoms with Gasteiger partial charge in [0.25, 0.3) is 5.91 Å².